The third-order valence-electron chi connectivity index (χ3n) is 3.39. The van der Waals surface area contributed by atoms with Gasteiger partial charge in [0.05, 0.1) is 13.2 Å². The molecule has 0 N–H and O–H groups in total. The maximum absolute atomic E-state index is 12.0. The second kappa shape index (κ2) is 8.26. The van der Waals surface area contributed by atoms with E-state index in [1.807, 2.05) is 25.7 Å². The summed E-state index contributed by atoms with van der Waals surface area (Å²) in [6, 6.07) is 1.64. The molecular formula is C16H22ClN3O3. The van der Waals surface area contributed by atoms with Crippen molar-refractivity contribution in [2.24, 2.45) is 0 Å². The molecule has 0 radical (unpaired) electrons. The SMILES string of the molecule is CC.CCCC(=O)c1cc2nc(Cl)nc(N3CCOCC3)c2o1. The number of ketones is 1. The maximum atomic E-state index is 12.0. The van der Waals surface area contributed by atoms with Crippen molar-refractivity contribution in [2.45, 2.75) is 33.6 Å². The molecule has 0 unspecified atom stereocenters. The molecule has 0 saturated carbocycles. The van der Waals surface area contributed by atoms with E-state index in [0.29, 0.717) is 55.4 Å². The first kappa shape index (κ1) is 17.7. The Morgan fingerprint density at radius 2 is 2.00 bits per heavy atom. The Hall–Kier alpha value is -1.66. The number of hydrogen-bond acceptors (Lipinski definition) is 6. The number of fused-ring (bicyclic) bond motifs is 1. The number of carbonyl (C=O) groups is 1. The molecule has 0 aliphatic carbocycles. The minimum absolute atomic E-state index is 0.0282. The molecule has 2 aromatic rings. The van der Waals surface area contributed by atoms with Crippen LogP contribution in [0.2, 0.25) is 5.28 Å². The molecule has 1 saturated heterocycles. The second-order valence-electron chi connectivity index (χ2n) is 4.91. The summed E-state index contributed by atoms with van der Waals surface area (Å²) in [6.07, 6.45) is 1.23. The zero-order valence-electron chi connectivity index (χ0n) is 13.8. The van der Waals surface area contributed by atoms with Crippen molar-refractivity contribution in [1.29, 1.82) is 0 Å². The Kier molecular flexibility index (Phi) is 6.36. The number of furan rings is 1. The summed E-state index contributed by atoms with van der Waals surface area (Å²) in [5.74, 6) is 0.918. The van der Waals surface area contributed by atoms with Crippen LogP contribution in [-0.2, 0) is 4.74 Å². The highest BCUT2D eigenvalue weighted by Crippen LogP contribution is 2.29. The molecule has 23 heavy (non-hydrogen) atoms. The molecule has 126 valence electrons. The molecule has 3 rings (SSSR count). The van der Waals surface area contributed by atoms with Crippen LogP contribution in [0.5, 0.6) is 0 Å². The number of nitrogens with zero attached hydrogens (tertiary/aromatic N) is 3. The summed E-state index contributed by atoms with van der Waals surface area (Å²) in [5, 5.41) is 0.152. The Labute approximate surface area is 140 Å². The van der Waals surface area contributed by atoms with Crippen molar-refractivity contribution in [2.75, 3.05) is 31.2 Å². The van der Waals surface area contributed by atoms with E-state index in [1.54, 1.807) is 6.07 Å². The molecule has 0 amide bonds. The van der Waals surface area contributed by atoms with E-state index in [9.17, 15) is 4.79 Å². The zero-order valence-corrected chi connectivity index (χ0v) is 14.5. The molecule has 0 bridgehead atoms. The lowest BCUT2D eigenvalue weighted by atomic mass is 10.2. The van der Waals surface area contributed by atoms with Gasteiger partial charge in [-0.3, -0.25) is 4.79 Å². The van der Waals surface area contributed by atoms with Crippen LogP contribution in [-0.4, -0.2) is 42.1 Å². The summed E-state index contributed by atoms with van der Waals surface area (Å²) >= 11 is 5.99. The number of anilines is 1. The van der Waals surface area contributed by atoms with E-state index >= 15 is 0 Å². The topological polar surface area (TPSA) is 68.5 Å². The molecule has 1 fully saturated rings. The van der Waals surface area contributed by atoms with Crippen molar-refractivity contribution in [3.8, 4) is 0 Å². The van der Waals surface area contributed by atoms with Crippen LogP contribution in [0.4, 0.5) is 5.82 Å². The summed E-state index contributed by atoms with van der Waals surface area (Å²) in [7, 11) is 0. The summed E-state index contributed by atoms with van der Waals surface area (Å²) in [5.41, 5.74) is 1.08. The van der Waals surface area contributed by atoms with Crippen molar-refractivity contribution in [1.82, 2.24) is 9.97 Å². The fourth-order valence-corrected chi connectivity index (χ4v) is 2.54. The lowest BCUT2D eigenvalue weighted by Crippen LogP contribution is -2.36. The van der Waals surface area contributed by atoms with Crippen molar-refractivity contribution < 1.29 is 13.9 Å². The molecule has 0 spiro atoms. The van der Waals surface area contributed by atoms with Gasteiger partial charge in [0.25, 0.3) is 0 Å². The molecule has 0 aromatic carbocycles. The fraction of sp³-hybridized carbons (Fsp3) is 0.562. The van der Waals surface area contributed by atoms with Gasteiger partial charge in [-0.2, -0.15) is 4.98 Å². The normalized spacial score (nSPS) is 14.5. The number of rotatable bonds is 4. The Bertz CT molecular complexity index is 666. The number of morpholine rings is 1. The van der Waals surface area contributed by atoms with Gasteiger partial charge in [0.15, 0.2) is 22.9 Å². The predicted molar refractivity (Wildman–Crippen MR) is 90.4 cm³/mol. The highest BCUT2D eigenvalue weighted by Gasteiger charge is 2.22. The van der Waals surface area contributed by atoms with Gasteiger partial charge in [0.2, 0.25) is 5.28 Å². The van der Waals surface area contributed by atoms with E-state index in [4.69, 9.17) is 20.8 Å². The predicted octanol–water partition coefficient (Wildman–Crippen LogP) is 3.72. The monoisotopic (exact) mass is 339 g/mol. The molecule has 1 aliphatic rings. The second-order valence-corrected chi connectivity index (χ2v) is 5.25. The maximum Gasteiger partial charge on any atom is 0.225 e. The van der Waals surface area contributed by atoms with Gasteiger partial charge in [-0.25, -0.2) is 4.98 Å². The van der Waals surface area contributed by atoms with Gasteiger partial charge in [-0.15, -0.1) is 0 Å². The minimum atomic E-state index is -0.0282. The van der Waals surface area contributed by atoms with Crippen molar-refractivity contribution in [3.63, 3.8) is 0 Å². The van der Waals surface area contributed by atoms with Gasteiger partial charge in [-0.05, 0) is 18.0 Å². The highest BCUT2D eigenvalue weighted by molar-refractivity contribution is 6.28. The number of carbonyl (C=O) groups excluding carboxylic acids is 1. The first-order valence-electron chi connectivity index (χ1n) is 8.02. The minimum Gasteiger partial charge on any atom is -0.447 e. The van der Waals surface area contributed by atoms with Gasteiger partial charge in [0.1, 0.15) is 5.52 Å². The third-order valence-corrected chi connectivity index (χ3v) is 3.56. The zero-order chi connectivity index (χ0) is 16.8. The van der Waals surface area contributed by atoms with Gasteiger partial charge in [0, 0.05) is 25.6 Å². The van der Waals surface area contributed by atoms with Gasteiger partial charge >= 0.3 is 0 Å². The lowest BCUT2D eigenvalue weighted by Gasteiger charge is -2.27. The summed E-state index contributed by atoms with van der Waals surface area (Å²) in [6.45, 7) is 8.63. The van der Waals surface area contributed by atoms with E-state index in [-0.39, 0.29) is 11.1 Å². The highest BCUT2D eigenvalue weighted by atomic mass is 35.5. The number of ether oxygens (including phenoxy) is 1. The molecule has 3 heterocycles. The van der Waals surface area contributed by atoms with Crippen LogP contribution in [0.1, 0.15) is 44.2 Å². The largest absolute Gasteiger partial charge is 0.447 e. The summed E-state index contributed by atoms with van der Waals surface area (Å²) < 4.78 is 11.0. The van der Waals surface area contributed by atoms with E-state index in [0.717, 1.165) is 6.42 Å². The number of hydrogen-bond donors (Lipinski definition) is 0. The molecule has 0 atom stereocenters. The number of Topliss-reactive ketones (excluding diaryl/α,β-unsaturated/α-hetero) is 1. The van der Waals surface area contributed by atoms with Crippen LogP contribution in [0.25, 0.3) is 11.1 Å². The van der Waals surface area contributed by atoms with Crippen molar-refractivity contribution in [3.05, 3.63) is 17.1 Å². The Morgan fingerprint density at radius 3 is 2.65 bits per heavy atom. The summed E-state index contributed by atoms with van der Waals surface area (Å²) in [4.78, 5) is 22.4. The quantitative estimate of drug-likeness (QED) is 0.624. The average Bonchev–Trinajstić information content (AvgIpc) is 3.01. The Morgan fingerprint density at radius 1 is 1.30 bits per heavy atom. The van der Waals surface area contributed by atoms with E-state index in [2.05, 4.69) is 9.97 Å². The van der Waals surface area contributed by atoms with E-state index in [1.165, 1.54) is 0 Å². The fourth-order valence-electron chi connectivity index (χ4n) is 2.36. The van der Waals surface area contributed by atoms with Crippen LogP contribution < -0.4 is 4.90 Å². The van der Waals surface area contributed by atoms with Crippen molar-refractivity contribution >= 4 is 34.3 Å². The number of aromatic nitrogens is 2. The van der Waals surface area contributed by atoms with Crippen LogP contribution >= 0.6 is 11.6 Å². The smallest absolute Gasteiger partial charge is 0.225 e. The lowest BCUT2D eigenvalue weighted by molar-refractivity contribution is 0.0957. The van der Waals surface area contributed by atoms with Gasteiger partial charge in [-0.1, -0.05) is 20.8 Å². The average molecular weight is 340 g/mol. The Balaban J connectivity index is 0.000000924. The standard InChI is InChI=1S/C14H16ClN3O3.C2H6/c1-2-3-10(19)11-8-9-12(21-11)13(17-14(15)16-9)18-4-6-20-7-5-18;1-2/h8H,2-7H2,1H3;1-2H3. The van der Waals surface area contributed by atoms with Crippen LogP contribution in [0, 0.1) is 0 Å². The van der Waals surface area contributed by atoms with E-state index < -0.39 is 0 Å². The molecule has 2 aromatic heterocycles. The van der Waals surface area contributed by atoms with Crippen LogP contribution in [0.15, 0.2) is 10.5 Å². The number of halogens is 1. The molecule has 6 nitrogen and oxygen atoms in total. The van der Waals surface area contributed by atoms with Crippen LogP contribution in [0.3, 0.4) is 0 Å². The van der Waals surface area contributed by atoms with Gasteiger partial charge < -0.3 is 14.1 Å². The molecule has 7 heteroatoms. The first-order valence-corrected chi connectivity index (χ1v) is 8.40. The third kappa shape index (κ3) is 4.00. The first-order chi connectivity index (χ1) is 11.2. The molecule has 1 aliphatic heterocycles. The molecular weight excluding hydrogens is 318 g/mol.